The molecule has 4 nitrogen and oxygen atoms in total. The second kappa shape index (κ2) is 7.47. The first-order chi connectivity index (χ1) is 13.0. The number of H-pyrrole nitrogens is 2. The Labute approximate surface area is 165 Å². The molecular weight excluding hydrogens is 433 g/mol. The fraction of sp³-hybridized carbons (Fsp3) is 0.375. The number of piperazine rings is 1. The summed E-state index contributed by atoms with van der Waals surface area (Å²) in [5.41, 5.74) is -1.82. The monoisotopic (exact) mass is 446 g/mol. The highest BCUT2D eigenvalue weighted by Crippen LogP contribution is 2.33. The van der Waals surface area contributed by atoms with Crippen molar-refractivity contribution in [1.29, 1.82) is 0 Å². The van der Waals surface area contributed by atoms with Gasteiger partial charge in [0.25, 0.3) is 11.6 Å². The number of alkyl halides is 6. The number of anilines is 2. The van der Waals surface area contributed by atoms with Crippen LogP contribution in [-0.2, 0) is 12.4 Å². The van der Waals surface area contributed by atoms with Crippen molar-refractivity contribution < 1.29 is 36.3 Å². The molecule has 28 heavy (non-hydrogen) atoms. The number of hydrogen-bond acceptors (Lipinski definition) is 2. The maximum atomic E-state index is 12.9. The Bertz CT molecular complexity index is 863. The highest BCUT2D eigenvalue weighted by atomic mass is 35.5. The van der Waals surface area contributed by atoms with Crippen LogP contribution in [0.4, 0.5) is 38.0 Å². The fourth-order valence-electron chi connectivity index (χ4n) is 2.88. The van der Waals surface area contributed by atoms with Crippen LogP contribution in [0.25, 0.3) is 0 Å². The lowest BCUT2D eigenvalue weighted by atomic mass is 10.2. The summed E-state index contributed by atoms with van der Waals surface area (Å²) in [7, 11) is 0. The van der Waals surface area contributed by atoms with Gasteiger partial charge in [-0.1, -0.05) is 23.2 Å². The standard InChI is InChI=1S/C16H12Cl2F6N4/c17-10-1-2-12(16(22,23)24)26-14(10)28-5-3-27(4-6-28)13-11(18)7-9(8-25-13)15(19,20)21/h1-2,7-8H,3-6H2/p+2. The summed E-state index contributed by atoms with van der Waals surface area (Å²) in [5, 5.41) is 0.0486. The van der Waals surface area contributed by atoms with E-state index >= 15 is 0 Å². The molecule has 0 bridgehead atoms. The van der Waals surface area contributed by atoms with Crippen molar-refractivity contribution >= 4 is 34.8 Å². The average molecular weight is 447 g/mol. The molecule has 12 heteroatoms. The minimum Gasteiger partial charge on any atom is -0.252 e. The Morgan fingerprint density at radius 2 is 1.36 bits per heavy atom. The second-order valence-corrected chi connectivity index (χ2v) is 6.94. The molecule has 0 atom stereocenters. The van der Waals surface area contributed by atoms with Crippen molar-refractivity contribution in [3.05, 3.63) is 45.7 Å². The zero-order valence-corrected chi connectivity index (χ0v) is 15.6. The lowest BCUT2D eigenvalue weighted by Crippen LogP contribution is -2.50. The maximum Gasteiger partial charge on any atom is 0.453 e. The van der Waals surface area contributed by atoms with Crippen molar-refractivity contribution in [2.24, 2.45) is 0 Å². The Kier molecular flexibility index (Phi) is 5.55. The molecule has 0 spiro atoms. The van der Waals surface area contributed by atoms with E-state index in [4.69, 9.17) is 23.2 Å². The van der Waals surface area contributed by atoms with Gasteiger partial charge in [0.2, 0.25) is 5.69 Å². The van der Waals surface area contributed by atoms with E-state index in [1.54, 1.807) is 9.80 Å². The molecule has 0 aliphatic carbocycles. The molecule has 3 heterocycles. The zero-order chi connectivity index (χ0) is 20.7. The molecule has 1 fully saturated rings. The van der Waals surface area contributed by atoms with Gasteiger partial charge in [-0.15, -0.1) is 0 Å². The molecule has 1 aliphatic rings. The molecular formula is C16H14Cl2F6N4+2. The summed E-state index contributed by atoms with van der Waals surface area (Å²) < 4.78 is 77.0. The van der Waals surface area contributed by atoms with Crippen LogP contribution < -0.4 is 19.8 Å². The Morgan fingerprint density at radius 1 is 0.786 bits per heavy atom. The number of aromatic amines is 2. The summed E-state index contributed by atoms with van der Waals surface area (Å²) >= 11 is 12.0. The van der Waals surface area contributed by atoms with E-state index in [2.05, 4.69) is 9.97 Å². The quantitative estimate of drug-likeness (QED) is 0.653. The smallest absolute Gasteiger partial charge is 0.252 e. The maximum absolute atomic E-state index is 12.9. The molecule has 152 valence electrons. The van der Waals surface area contributed by atoms with E-state index in [0.717, 1.165) is 18.3 Å². The molecule has 1 aliphatic heterocycles. The topological polar surface area (TPSA) is 34.8 Å². The lowest BCUT2D eigenvalue weighted by Gasteiger charge is -2.27. The van der Waals surface area contributed by atoms with Crippen LogP contribution in [0.2, 0.25) is 10.0 Å². The second-order valence-electron chi connectivity index (χ2n) is 6.12. The molecule has 1 saturated heterocycles. The predicted molar refractivity (Wildman–Crippen MR) is 90.4 cm³/mol. The minimum absolute atomic E-state index is 0.0908. The molecule has 2 N–H and O–H groups in total. The van der Waals surface area contributed by atoms with Crippen LogP contribution in [0.1, 0.15) is 11.3 Å². The highest BCUT2D eigenvalue weighted by Gasteiger charge is 2.39. The van der Waals surface area contributed by atoms with E-state index in [-0.39, 0.29) is 15.9 Å². The third kappa shape index (κ3) is 4.38. The van der Waals surface area contributed by atoms with E-state index < -0.39 is 23.6 Å². The SMILES string of the molecule is FC(F)(F)c1c[nH+]c(N2CCN(c3[nH+]c(C(F)(F)F)ccc3Cl)CC2)c(Cl)c1. The predicted octanol–water partition coefficient (Wildman–Crippen LogP) is 3.99. The molecule has 2 aromatic heterocycles. The summed E-state index contributed by atoms with van der Waals surface area (Å²) in [6.45, 7) is 1.23. The van der Waals surface area contributed by atoms with Crippen molar-refractivity contribution in [2.75, 3.05) is 36.0 Å². The molecule has 0 aromatic carbocycles. The first-order valence-corrected chi connectivity index (χ1v) is 8.80. The van der Waals surface area contributed by atoms with Gasteiger partial charge < -0.3 is 0 Å². The average Bonchev–Trinajstić information content (AvgIpc) is 2.60. The Balaban J connectivity index is 1.75. The van der Waals surface area contributed by atoms with Crippen LogP contribution in [0, 0.1) is 0 Å². The Hall–Kier alpha value is -1.94. The summed E-state index contributed by atoms with van der Waals surface area (Å²) in [4.78, 5) is 8.22. The summed E-state index contributed by atoms with van der Waals surface area (Å²) in [5.74, 6) is 0.451. The van der Waals surface area contributed by atoms with E-state index in [1.165, 1.54) is 6.07 Å². The van der Waals surface area contributed by atoms with Gasteiger partial charge in [0.1, 0.15) is 42.4 Å². The van der Waals surface area contributed by atoms with Crippen molar-refractivity contribution in [3.63, 3.8) is 0 Å². The van der Waals surface area contributed by atoms with Crippen molar-refractivity contribution in [1.82, 2.24) is 0 Å². The first kappa shape index (κ1) is 20.8. The van der Waals surface area contributed by atoms with Gasteiger partial charge in [-0.3, -0.25) is 9.80 Å². The highest BCUT2D eigenvalue weighted by molar-refractivity contribution is 6.33. The zero-order valence-electron chi connectivity index (χ0n) is 14.1. The Morgan fingerprint density at radius 3 is 1.86 bits per heavy atom. The molecule has 0 unspecified atom stereocenters. The molecule has 0 radical (unpaired) electrons. The number of nitrogens with one attached hydrogen (secondary N) is 2. The number of halogens is 8. The molecule has 0 saturated carbocycles. The van der Waals surface area contributed by atoms with E-state index in [1.807, 2.05) is 0 Å². The van der Waals surface area contributed by atoms with Gasteiger partial charge in [0.05, 0.1) is 5.56 Å². The van der Waals surface area contributed by atoms with Gasteiger partial charge in [-0.05, 0) is 18.2 Å². The molecule has 3 rings (SSSR count). The van der Waals surface area contributed by atoms with Crippen LogP contribution >= 0.6 is 23.2 Å². The van der Waals surface area contributed by atoms with Crippen LogP contribution in [0.5, 0.6) is 0 Å². The third-order valence-corrected chi connectivity index (χ3v) is 4.89. The number of nitrogens with zero attached hydrogens (tertiary/aromatic N) is 2. The van der Waals surface area contributed by atoms with Gasteiger partial charge >= 0.3 is 12.4 Å². The normalized spacial score (nSPS) is 15.9. The lowest BCUT2D eigenvalue weighted by molar-refractivity contribution is -0.414. The van der Waals surface area contributed by atoms with Crippen LogP contribution in [0.3, 0.4) is 0 Å². The first-order valence-electron chi connectivity index (χ1n) is 8.04. The van der Waals surface area contributed by atoms with Gasteiger partial charge in [0.15, 0.2) is 0 Å². The number of aromatic nitrogens is 2. The van der Waals surface area contributed by atoms with Gasteiger partial charge in [0, 0.05) is 0 Å². The van der Waals surface area contributed by atoms with Crippen molar-refractivity contribution in [2.45, 2.75) is 12.4 Å². The molecule has 2 aromatic rings. The van der Waals surface area contributed by atoms with Crippen molar-refractivity contribution in [3.8, 4) is 0 Å². The fourth-order valence-corrected chi connectivity index (χ4v) is 3.40. The number of pyridine rings is 2. The van der Waals surface area contributed by atoms with E-state index in [0.29, 0.717) is 32.0 Å². The minimum atomic E-state index is -4.54. The summed E-state index contributed by atoms with van der Waals surface area (Å²) in [6, 6.07) is 2.86. The van der Waals surface area contributed by atoms with Gasteiger partial charge in [-0.2, -0.15) is 26.3 Å². The number of hydrogen-bond donors (Lipinski definition) is 0. The van der Waals surface area contributed by atoms with E-state index in [9.17, 15) is 26.3 Å². The number of rotatable bonds is 2. The summed E-state index contributed by atoms with van der Waals surface area (Å²) in [6.07, 6.45) is -8.23. The third-order valence-electron chi connectivity index (χ3n) is 4.29. The van der Waals surface area contributed by atoms with Gasteiger partial charge in [-0.25, -0.2) is 9.97 Å². The van der Waals surface area contributed by atoms with Crippen LogP contribution in [0.15, 0.2) is 24.4 Å². The molecule has 0 amide bonds. The largest absolute Gasteiger partial charge is 0.453 e. The van der Waals surface area contributed by atoms with Crippen LogP contribution in [-0.4, -0.2) is 26.2 Å².